The number of nitrogens with zero attached hydrogens (tertiary/aromatic N) is 2. The van der Waals surface area contributed by atoms with Gasteiger partial charge < -0.3 is 16.8 Å². The molecule has 0 aliphatic heterocycles. The third-order valence-corrected chi connectivity index (χ3v) is 4.39. The second-order valence-electron chi connectivity index (χ2n) is 6.55. The molecule has 0 aliphatic rings. The summed E-state index contributed by atoms with van der Waals surface area (Å²) in [6.07, 6.45) is 13.0. The topological polar surface area (TPSA) is 88.8 Å². The quantitative estimate of drug-likeness (QED) is 0.261. The highest BCUT2D eigenvalue weighted by Gasteiger charge is 1.97. The second-order valence-corrected chi connectivity index (χ2v) is 6.99. The standard InChI is InChI=1S/C20H34ClN5/c1-2-3-4-5-6-7-8-9-10-11-16-24-19(22)26-20(23)25-18-14-12-17(21)13-15-18/h12-15H,2-11,16H2,1H3,(H5,22,23,24,25,26). The average molecular weight is 380 g/mol. The summed E-state index contributed by atoms with van der Waals surface area (Å²) in [5.41, 5.74) is 12.4. The van der Waals surface area contributed by atoms with E-state index >= 15 is 0 Å². The fourth-order valence-corrected chi connectivity index (χ4v) is 2.79. The molecule has 0 atom stereocenters. The van der Waals surface area contributed by atoms with Crippen LogP contribution < -0.4 is 16.8 Å². The molecule has 6 heteroatoms. The maximum atomic E-state index is 5.84. The summed E-state index contributed by atoms with van der Waals surface area (Å²) in [6.45, 7) is 2.95. The van der Waals surface area contributed by atoms with E-state index in [0.29, 0.717) is 11.6 Å². The molecule has 0 fully saturated rings. The monoisotopic (exact) mass is 379 g/mol. The van der Waals surface area contributed by atoms with Crippen LogP contribution in [0.4, 0.5) is 5.69 Å². The van der Waals surface area contributed by atoms with Crippen LogP contribution in [0.3, 0.4) is 0 Å². The molecule has 26 heavy (non-hydrogen) atoms. The summed E-state index contributed by atoms with van der Waals surface area (Å²) in [7, 11) is 0. The molecule has 1 rings (SSSR count). The van der Waals surface area contributed by atoms with Crippen LogP contribution in [0.15, 0.2) is 34.3 Å². The number of anilines is 1. The van der Waals surface area contributed by atoms with Crippen LogP contribution >= 0.6 is 11.6 Å². The molecule has 5 nitrogen and oxygen atoms in total. The zero-order chi connectivity index (χ0) is 19.0. The maximum Gasteiger partial charge on any atom is 0.218 e. The van der Waals surface area contributed by atoms with Gasteiger partial charge in [-0.1, -0.05) is 76.3 Å². The van der Waals surface area contributed by atoms with Crippen LogP contribution in [0.5, 0.6) is 0 Å². The molecule has 0 saturated carbocycles. The highest BCUT2D eigenvalue weighted by Crippen LogP contribution is 2.13. The van der Waals surface area contributed by atoms with Crippen molar-refractivity contribution in [2.45, 2.75) is 71.1 Å². The van der Waals surface area contributed by atoms with E-state index in [9.17, 15) is 0 Å². The van der Waals surface area contributed by atoms with Crippen LogP contribution in [0.1, 0.15) is 71.1 Å². The van der Waals surface area contributed by atoms with Crippen molar-refractivity contribution < 1.29 is 0 Å². The Labute approximate surface area is 163 Å². The third kappa shape index (κ3) is 11.7. The van der Waals surface area contributed by atoms with Crippen molar-refractivity contribution in [2.24, 2.45) is 21.5 Å². The van der Waals surface area contributed by atoms with Gasteiger partial charge in [0.1, 0.15) is 0 Å². The highest BCUT2D eigenvalue weighted by molar-refractivity contribution is 6.30. The molecule has 0 radical (unpaired) electrons. The first-order valence-corrected chi connectivity index (χ1v) is 10.2. The lowest BCUT2D eigenvalue weighted by molar-refractivity contribution is 0.558. The van der Waals surface area contributed by atoms with Crippen LogP contribution in [0.2, 0.25) is 5.02 Å². The van der Waals surface area contributed by atoms with E-state index in [1.54, 1.807) is 12.1 Å². The Kier molecular flexibility index (Phi) is 12.4. The van der Waals surface area contributed by atoms with Crippen LogP contribution in [-0.2, 0) is 0 Å². The number of hydrogen-bond acceptors (Lipinski definition) is 1. The van der Waals surface area contributed by atoms with Gasteiger partial charge >= 0.3 is 0 Å². The average Bonchev–Trinajstić information content (AvgIpc) is 2.61. The normalized spacial score (nSPS) is 12.4. The fourth-order valence-electron chi connectivity index (χ4n) is 2.66. The van der Waals surface area contributed by atoms with Crippen molar-refractivity contribution in [3.8, 4) is 0 Å². The summed E-state index contributed by atoms with van der Waals surface area (Å²) in [6, 6.07) is 7.20. The number of nitrogens with two attached hydrogens (primary N) is 2. The SMILES string of the molecule is CCCCCCCCCCCCN=C(N)/N=C(\N)Nc1ccc(Cl)cc1. The summed E-state index contributed by atoms with van der Waals surface area (Å²) in [5, 5.41) is 3.62. The molecule has 5 N–H and O–H groups in total. The molecule has 1 aromatic carbocycles. The Bertz CT molecular complexity index is 540. The Hall–Kier alpha value is -1.75. The summed E-state index contributed by atoms with van der Waals surface area (Å²) in [5.74, 6) is 0.427. The fraction of sp³-hybridized carbons (Fsp3) is 0.600. The van der Waals surface area contributed by atoms with Crippen LogP contribution in [-0.4, -0.2) is 18.5 Å². The van der Waals surface area contributed by atoms with Crippen LogP contribution in [0.25, 0.3) is 0 Å². The van der Waals surface area contributed by atoms with E-state index in [-0.39, 0.29) is 11.9 Å². The lowest BCUT2D eigenvalue weighted by Crippen LogP contribution is -2.26. The molecule has 1 aromatic rings. The van der Waals surface area contributed by atoms with E-state index in [1.807, 2.05) is 12.1 Å². The van der Waals surface area contributed by atoms with E-state index in [2.05, 4.69) is 22.2 Å². The smallest absolute Gasteiger partial charge is 0.218 e. The number of halogens is 1. The highest BCUT2D eigenvalue weighted by atomic mass is 35.5. The van der Waals surface area contributed by atoms with Gasteiger partial charge in [0.05, 0.1) is 0 Å². The predicted molar refractivity (Wildman–Crippen MR) is 115 cm³/mol. The number of rotatable bonds is 12. The van der Waals surface area contributed by atoms with E-state index < -0.39 is 0 Å². The van der Waals surface area contributed by atoms with Gasteiger partial charge in [-0.05, 0) is 30.7 Å². The van der Waals surface area contributed by atoms with Gasteiger partial charge in [-0.3, -0.25) is 4.99 Å². The number of unbranched alkanes of at least 4 members (excludes halogenated alkanes) is 9. The van der Waals surface area contributed by atoms with Gasteiger partial charge in [0.15, 0.2) is 0 Å². The molecule has 0 bridgehead atoms. The first kappa shape index (κ1) is 22.3. The lowest BCUT2D eigenvalue weighted by atomic mass is 10.1. The molecule has 0 amide bonds. The number of benzene rings is 1. The Balaban J connectivity index is 2.10. The maximum absolute atomic E-state index is 5.84. The molecular formula is C20H34ClN5. The van der Waals surface area contributed by atoms with Crippen molar-refractivity contribution in [3.63, 3.8) is 0 Å². The van der Waals surface area contributed by atoms with E-state index in [1.165, 1.54) is 57.8 Å². The van der Waals surface area contributed by atoms with Gasteiger partial charge in [-0.15, -0.1) is 0 Å². The predicted octanol–water partition coefficient (Wildman–Crippen LogP) is 5.30. The second kappa shape index (κ2) is 14.4. The van der Waals surface area contributed by atoms with Crippen molar-refractivity contribution in [1.82, 2.24) is 0 Å². The van der Waals surface area contributed by atoms with Crippen LogP contribution in [0, 0.1) is 0 Å². The molecule has 0 aromatic heterocycles. The number of nitrogens with one attached hydrogen (secondary N) is 1. The molecule has 0 spiro atoms. The number of guanidine groups is 2. The Morgan fingerprint density at radius 3 is 2.00 bits per heavy atom. The van der Waals surface area contributed by atoms with E-state index in [0.717, 1.165) is 12.1 Å². The van der Waals surface area contributed by atoms with Crippen molar-refractivity contribution in [3.05, 3.63) is 29.3 Å². The first-order chi connectivity index (χ1) is 12.6. The zero-order valence-electron chi connectivity index (χ0n) is 16.0. The molecule has 0 aliphatic carbocycles. The number of aliphatic imine (C=N–C) groups is 2. The van der Waals surface area contributed by atoms with Gasteiger partial charge in [0.2, 0.25) is 11.9 Å². The minimum absolute atomic E-state index is 0.208. The Morgan fingerprint density at radius 1 is 0.885 bits per heavy atom. The summed E-state index contributed by atoms with van der Waals surface area (Å²) in [4.78, 5) is 8.31. The minimum atomic E-state index is 0.208. The summed E-state index contributed by atoms with van der Waals surface area (Å²) >= 11 is 5.84. The molecular weight excluding hydrogens is 346 g/mol. The van der Waals surface area contributed by atoms with Crippen molar-refractivity contribution in [1.29, 1.82) is 0 Å². The largest absolute Gasteiger partial charge is 0.369 e. The molecule has 0 heterocycles. The zero-order valence-corrected chi connectivity index (χ0v) is 16.8. The van der Waals surface area contributed by atoms with Crippen molar-refractivity contribution >= 4 is 29.2 Å². The van der Waals surface area contributed by atoms with Gasteiger partial charge in [-0.25, -0.2) is 0 Å². The summed E-state index contributed by atoms with van der Waals surface area (Å²) < 4.78 is 0. The minimum Gasteiger partial charge on any atom is -0.369 e. The third-order valence-electron chi connectivity index (χ3n) is 4.14. The van der Waals surface area contributed by atoms with Gasteiger partial charge in [0, 0.05) is 17.3 Å². The Morgan fingerprint density at radius 2 is 1.42 bits per heavy atom. The van der Waals surface area contributed by atoms with E-state index in [4.69, 9.17) is 23.1 Å². The van der Waals surface area contributed by atoms with Gasteiger partial charge in [-0.2, -0.15) is 4.99 Å². The molecule has 0 unspecified atom stereocenters. The lowest BCUT2D eigenvalue weighted by Gasteiger charge is -2.05. The van der Waals surface area contributed by atoms with Gasteiger partial charge in [0.25, 0.3) is 0 Å². The molecule has 146 valence electrons. The molecule has 0 saturated heterocycles. The number of hydrogen-bond donors (Lipinski definition) is 3. The van der Waals surface area contributed by atoms with Crippen molar-refractivity contribution in [2.75, 3.05) is 11.9 Å². The first-order valence-electron chi connectivity index (χ1n) is 9.78.